The van der Waals surface area contributed by atoms with E-state index in [0.717, 1.165) is 35.8 Å². The lowest BCUT2D eigenvalue weighted by Crippen LogP contribution is -2.45. The predicted octanol–water partition coefficient (Wildman–Crippen LogP) is 3.02. The van der Waals surface area contributed by atoms with Gasteiger partial charge in [0.05, 0.1) is 7.11 Å². The number of benzene rings is 1. The molecule has 2 N–H and O–H groups in total. The van der Waals surface area contributed by atoms with Crippen molar-refractivity contribution < 1.29 is 4.74 Å². The van der Waals surface area contributed by atoms with E-state index >= 15 is 0 Å². The molecular formula is C15H23BrN2O. The van der Waals surface area contributed by atoms with Gasteiger partial charge in [0.1, 0.15) is 5.75 Å². The average Bonchev–Trinajstić information content (AvgIpc) is 2.41. The van der Waals surface area contributed by atoms with Crippen molar-refractivity contribution in [2.45, 2.75) is 32.4 Å². The molecule has 0 aliphatic carbocycles. The predicted molar refractivity (Wildman–Crippen MR) is 82.3 cm³/mol. The van der Waals surface area contributed by atoms with Crippen LogP contribution in [0.4, 0.5) is 0 Å². The van der Waals surface area contributed by atoms with Gasteiger partial charge < -0.3 is 10.5 Å². The molecule has 0 bridgehead atoms. The highest BCUT2D eigenvalue weighted by molar-refractivity contribution is 9.10. The number of methoxy groups -OCH3 is 1. The Morgan fingerprint density at radius 3 is 2.95 bits per heavy atom. The Kier molecular flexibility index (Phi) is 5.25. The minimum Gasteiger partial charge on any atom is -0.496 e. The van der Waals surface area contributed by atoms with Crippen molar-refractivity contribution in [1.82, 2.24) is 4.90 Å². The van der Waals surface area contributed by atoms with Gasteiger partial charge >= 0.3 is 0 Å². The molecule has 4 heteroatoms. The lowest BCUT2D eigenvalue weighted by Gasteiger charge is -2.38. The molecule has 106 valence electrons. The Morgan fingerprint density at radius 1 is 1.47 bits per heavy atom. The van der Waals surface area contributed by atoms with Gasteiger partial charge in [-0.25, -0.2) is 0 Å². The summed E-state index contributed by atoms with van der Waals surface area (Å²) in [5, 5.41) is 0. The molecule has 1 saturated heterocycles. The Balaban J connectivity index is 2.13. The summed E-state index contributed by atoms with van der Waals surface area (Å²) < 4.78 is 6.55. The molecule has 19 heavy (non-hydrogen) atoms. The molecule has 1 fully saturated rings. The molecule has 0 spiro atoms. The van der Waals surface area contributed by atoms with E-state index in [1.54, 1.807) is 7.11 Å². The molecule has 1 heterocycles. The zero-order valence-corrected chi connectivity index (χ0v) is 13.3. The second-order valence-electron chi connectivity index (χ2n) is 5.45. The van der Waals surface area contributed by atoms with Crippen molar-refractivity contribution in [2.24, 2.45) is 11.7 Å². The third kappa shape index (κ3) is 3.71. The maximum Gasteiger partial charge on any atom is 0.123 e. The lowest BCUT2D eigenvalue weighted by atomic mass is 9.92. The second kappa shape index (κ2) is 6.73. The summed E-state index contributed by atoms with van der Waals surface area (Å²) in [7, 11) is 1.73. The zero-order valence-electron chi connectivity index (χ0n) is 11.7. The number of ether oxygens (including phenoxy) is 1. The summed E-state index contributed by atoms with van der Waals surface area (Å²) in [5.74, 6) is 1.74. The van der Waals surface area contributed by atoms with Gasteiger partial charge in [0, 0.05) is 29.2 Å². The van der Waals surface area contributed by atoms with E-state index in [-0.39, 0.29) is 0 Å². The fourth-order valence-corrected chi connectivity index (χ4v) is 3.25. The van der Waals surface area contributed by atoms with Gasteiger partial charge in [0.2, 0.25) is 0 Å². The molecule has 0 saturated carbocycles. The van der Waals surface area contributed by atoms with E-state index in [1.165, 1.54) is 18.4 Å². The summed E-state index contributed by atoms with van der Waals surface area (Å²) in [5.41, 5.74) is 7.15. The third-order valence-corrected chi connectivity index (χ3v) is 4.48. The number of halogens is 1. The first-order chi connectivity index (χ1) is 9.13. The first kappa shape index (κ1) is 14.8. The van der Waals surface area contributed by atoms with Gasteiger partial charge in [-0.15, -0.1) is 0 Å². The van der Waals surface area contributed by atoms with Crippen LogP contribution in [0.3, 0.4) is 0 Å². The SMILES string of the molecule is COc1ccc(Br)cc1CN1CCC(C)CC1CN. The number of piperidine rings is 1. The van der Waals surface area contributed by atoms with Crippen LogP contribution in [0.2, 0.25) is 0 Å². The van der Waals surface area contributed by atoms with E-state index in [2.05, 4.69) is 33.8 Å². The van der Waals surface area contributed by atoms with Gasteiger partial charge in [0.25, 0.3) is 0 Å². The molecule has 2 rings (SSSR count). The molecule has 1 aliphatic heterocycles. The van der Waals surface area contributed by atoms with Crippen LogP contribution in [0.1, 0.15) is 25.3 Å². The van der Waals surface area contributed by atoms with E-state index < -0.39 is 0 Å². The summed E-state index contributed by atoms with van der Waals surface area (Å²) in [6.07, 6.45) is 2.46. The fraction of sp³-hybridized carbons (Fsp3) is 0.600. The number of hydrogen-bond acceptors (Lipinski definition) is 3. The van der Waals surface area contributed by atoms with Gasteiger partial charge in [-0.3, -0.25) is 4.90 Å². The molecule has 1 aliphatic rings. The molecule has 1 aromatic rings. The first-order valence-corrected chi connectivity index (χ1v) is 7.70. The van der Waals surface area contributed by atoms with Crippen molar-refractivity contribution in [2.75, 3.05) is 20.2 Å². The molecule has 1 aromatic carbocycles. The number of nitrogens with zero attached hydrogens (tertiary/aromatic N) is 1. The van der Waals surface area contributed by atoms with Crippen LogP contribution in [-0.2, 0) is 6.54 Å². The first-order valence-electron chi connectivity index (χ1n) is 6.90. The molecule has 0 radical (unpaired) electrons. The Morgan fingerprint density at radius 2 is 2.26 bits per heavy atom. The minimum atomic E-state index is 0.493. The van der Waals surface area contributed by atoms with E-state index in [0.29, 0.717) is 6.04 Å². The van der Waals surface area contributed by atoms with Gasteiger partial charge in [-0.05, 0) is 43.5 Å². The van der Waals surface area contributed by atoms with Gasteiger partial charge in [-0.1, -0.05) is 22.9 Å². The largest absolute Gasteiger partial charge is 0.496 e. The van der Waals surface area contributed by atoms with Gasteiger partial charge in [-0.2, -0.15) is 0 Å². The van der Waals surface area contributed by atoms with Crippen molar-refractivity contribution in [3.63, 3.8) is 0 Å². The summed E-state index contributed by atoms with van der Waals surface area (Å²) in [4.78, 5) is 2.49. The maximum absolute atomic E-state index is 5.93. The highest BCUT2D eigenvalue weighted by Crippen LogP contribution is 2.28. The van der Waals surface area contributed by atoms with Crippen LogP contribution in [0.25, 0.3) is 0 Å². The molecular weight excluding hydrogens is 304 g/mol. The monoisotopic (exact) mass is 326 g/mol. The Hall–Kier alpha value is -0.580. The van der Waals surface area contributed by atoms with Gasteiger partial charge in [0.15, 0.2) is 0 Å². The highest BCUT2D eigenvalue weighted by Gasteiger charge is 2.25. The topological polar surface area (TPSA) is 38.5 Å². The molecule has 2 atom stereocenters. The number of nitrogens with two attached hydrogens (primary N) is 1. The lowest BCUT2D eigenvalue weighted by molar-refractivity contribution is 0.114. The van der Waals surface area contributed by atoms with Crippen molar-refractivity contribution >= 4 is 15.9 Å². The van der Waals surface area contributed by atoms with Crippen LogP contribution in [0.15, 0.2) is 22.7 Å². The number of hydrogen-bond donors (Lipinski definition) is 1. The smallest absolute Gasteiger partial charge is 0.123 e. The molecule has 2 unspecified atom stereocenters. The van der Waals surface area contributed by atoms with E-state index in [1.807, 2.05) is 12.1 Å². The summed E-state index contributed by atoms with van der Waals surface area (Å²) >= 11 is 3.53. The molecule has 0 amide bonds. The van der Waals surface area contributed by atoms with Crippen LogP contribution in [0.5, 0.6) is 5.75 Å². The quantitative estimate of drug-likeness (QED) is 0.924. The van der Waals surface area contributed by atoms with Crippen LogP contribution < -0.4 is 10.5 Å². The van der Waals surface area contributed by atoms with Crippen LogP contribution in [-0.4, -0.2) is 31.1 Å². The Bertz CT molecular complexity index is 425. The minimum absolute atomic E-state index is 0.493. The summed E-state index contributed by atoms with van der Waals surface area (Å²) in [6.45, 7) is 5.09. The number of rotatable bonds is 4. The van der Waals surface area contributed by atoms with Crippen LogP contribution >= 0.6 is 15.9 Å². The van der Waals surface area contributed by atoms with E-state index in [9.17, 15) is 0 Å². The normalized spacial score (nSPS) is 24.4. The summed E-state index contributed by atoms with van der Waals surface area (Å²) in [6, 6.07) is 6.67. The second-order valence-corrected chi connectivity index (χ2v) is 6.36. The average molecular weight is 327 g/mol. The van der Waals surface area contributed by atoms with E-state index in [4.69, 9.17) is 10.5 Å². The van der Waals surface area contributed by atoms with Crippen molar-refractivity contribution in [1.29, 1.82) is 0 Å². The fourth-order valence-electron chi connectivity index (χ4n) is 2.84. The van der Waals surface area contributed by atoms with Crippen LogP contribution in [0, 0.1) is 5.92 Å². The van der Waals surface area contributed by atoms with Crippen molar-refractivity contribution in [3.8, 4) is 5.75 Å². The molecule has 0 aromatic heterocycles. The maximum atomic E-state index is 5.93. The molecule has 3 nitrogen and oxygen atoms in total. The number of likely N-dealkylation sites (tertiary alicyclic amines) is 1. The highest BCUT2D eigenvalue weighted by atomic mass is 79.9. The Labute approximate surface area is 124 Å². The zero-order chi connectivity index (χ0) is 13.8. The van der Waals surface area contributed by atoms with Crippen molar-refractivity contribution in [3.05, 3.63) is 28.2 Å². The third-order valence-electron chi connectivity index (χ3n) is 3.99. The standard InChI is InChI=1S/C15H23BrN2O/c1-11-5-6-18(14(7-11)9-17)10-12-8-13(16)3-4-15(12)19-2/h3-4,8,11,14H,5-7,9-10,17H2,1-2H3.